The van der Waals surface area contributed by atoms with Gasteiger partial charge < -0.3 is 4.74 Å². The number of hydrogen-bond acceptors (Lipinski definition) is 3. The molecule has 0 aliphatic rings. The van der Waals surface area contributed by atoms with Gasteiger partial charge in [0.2, 0.25) is 0 Å². The van der Waals surface area contributed by atoms with Crippen molar-refractivity contribution < 1.29 is 9.53 Å². The highest BCUT2D eigenvalue weighted by Crippen LogP contribution is 2.35. The first-order valence-electron chi connectivity index (χ1n) is 14.0. The van der Waals surface area contributed by atoms with E-state index in [-0.39, 0.29) is 24.5 Å². The summed E-state index contributed by atoms with van der Waals surface area (Å²) in [6.45, 7) is 8.92. The Kier molecular flexibility index (Phi) is 14.6. The number of rotatable bonds is 16. The van der Waals surface area contributed by atoms with Crippen molar-refractivity contribution in [1.82, 2.24) is 4.90 Å². The van der Waals surface area contributed by atoms with Crippen molar-refractivity contribution in [1.29, 1.82) is 0 Å². The Labute approximate surface area is 238 Å². The fourth-order valence-corrected chi connectivity index (χ4v) is 5.54. The number of unbranched alkanes of at least 4 members (excludes halogenated alkanes) is 8. The zero-order valence-corrected chi connectivity index (χ0v) is 25.3. The van der Waals surface area contributed by atoms with Gasteiger partial charge in [-0.1, -0.05) is 111 Å². The number of ether oxygens (including phenoxy) is 1. The second-order valence-corrected chi connectivity index (χ2v) is 11.0. The minimum Gasteiger partial charge on any atom is -0.456 e. The van der Waals surface area contributed by atoms with Crippen molar-refractivity contribution >= 4 is 55.9 Å². The molecule has 3 aromatic carbocycles. The number of nitrogens with zero attached hydrogens (tertiary/aromatic N) is 1. The molecule has 0 amide bonds. The number of halogens is 2. The van der Waals surface area contributed by atoms with E-state index >= 15 is 0 Å². The van der Waals surface area contributed by atoms with Crippen LogP contribution in [0.5, 0.6) is 0 Å². The summed E-state index contributed by atoms with van der Waals surface area (Å²) in [5, 5.41) is 4.76. The number of fused-ring (bicyclic) bond motifs is 3. The van der Waals surface area contributed by atoms with Crippen molar-refractivity contribution in [3.63, 3.8) is 0 Å². The van der Waals surface area contributed by atoms with Crippen LogP contribution in [0.1, 0.15) is 96.6 Å². The van der Waals surface area contributed by atoms with Crippen LogP contribution in [-0.2, 0) is 9.53 Å². The Morgan fingerprint density at radius 2 is 1.43 bits per heavy atom. The molecule has 1 unspecified atom stereocenters. The molecule has 0 bridgehead atoms. The van der Waals surface area contributed by atoms with Crippen LogP contribution in [0.15, 0.2) is 53.0 Å². The number of benzene rings is 3. The Balaban J connectivity index is 0.00000481. The summed E-state index contributed by atoms with van der Waals surface area (Å²) in [5.41, 5.74) is 1.10. The zero-order valence-electron chi connectivity index (χ0n) is 22.9. The summed E-state index contributed by atoms with van der Waals surface area (Å²) in [4.78, 5) is 14.8. The Hall–Kier alpha value is -1.62. The lowest BCUT2D eigenvalue weighted by Gasteiger charge is -2.29. The predicted octanol–water partition coefficient (Wildman–Crippen LogP) is 10.0. The summed E-state index contributed by atoms with van der Waals surface area (Å²) in [5.74, 6) is -0.218. The molecule has 1 atom stereocenters. The molecule has 0 aliphatic heterocycles. The van der Waals surface area contributed by atoms with Gasteiger partial charge in [-0.25, -0.2) is 0 Å². The van der Waals surface area contributed by atoms with Gasteiger partial charge in [-0.2, -0.15) is 0 Å². The van der Waals surface area contributed by atoms with Gasteiger partial charge >= 0.3 is 5.97 Å². The van der Waals surface area contributed by atoms with E-state index in [4.69, 9.17) is 4.74 Å². The van der Waals surface area contributed by atoms with E-state index in [2.05, 4.69) is 83.2 Å². The second-order valence-electron chi connectivity index (χ2n) is 10.1. The number of carbonyl (C=O) groups excluding carboxylic acids is 1. The molecule has 204 valence electrons. The Morgan fingerprint density at radius 3 is 2.05 bits per heavy atom. The van der Waals surface area contributed by atoms with Crippen LogP contribution in [0, 0.1) is 0 Å². The smallest absolute Gasteiger partial charge is 0.303 e. The van der Waals surface area contributed by atoms with Gasteiger partial charge in [-0.3, -0.25) is 9.69 Å². The predicted molar refractivity (Wildman–Crippen MR) is 165 cm³/mol. The van der Waals surface area contributed by atoms with Gasteiger partial charge in [0, 0.05) is 23.5 Å². The summed E-state index contributed by atoms with van der Waals surface area (Å²) in [6.07, 6.45) is 12.4. The average Bonchev–Trinajstić information content (AvgIpc) is 2.87. The maximum atomic E-state index is 12.3. The first kappa shape index (κ1) is 31.6. The van der Waals surface area contributed by atoms with Gasteiger partial charge in [-0.05, 0) is 65.7 Å². The third-order valence-electron chi connectivity index (χ3n) is 7.09. The van der Waals surface area contributed by atoms with E-state index in [0.29, 0.717) is 0 Å². The normalized spacial score (nSPS) is 12.1. The number of hydrogen-bond donors (Lipinski definition) is 0. The van der Waals surface area contributed by atoms with E-state index in [1.165, 1.54) is 87.3 Å². The van der Waals surface area contributed by atoms with Crippen molar-refractivity contribution in [2.75, 3.05) is 19.6 Å². The minimum atomic E-state index is -0.290. The van der Waals surface area contributed by atoms with Crippen molar-refractivity contribution in [3.05, 3.63) is 58.6 Å². The van der Waals surface area contributed by atoms with Crippen LogP contribution in [0.3, 0.4) is 0 Å². The van der Waals surface area contributed by atoms with Crippen molar-refractivity contribution in [2.24, 2.45) is 0 Å². The lowest BCUT2D eigenvalue weighted by atomic mass is 9.94. The first-order valence-corrected chi connectivity index (χ1v) is 14.8. The fourth-order valence-electron chi connectivity index (χ4n) is 5.18. The summed E-state index contributed by atoms with van der Waals surface area (Å²) >= 11 is 3.66. The standard InChI is InChI=1S/C32H44BrNO2.ClH/c1-4-6-8-10-14-20-34(21-15-11-9-7-5-2)24-32(36-25(3)35)31-22-26-16-12-13-17-28(26)30-23-27(33)18-19-29(30)31;/h12-13,16-19,22-23,32H,4-11,14-15,20-21,24H2,1-3H3;1H. The molecule has 0 aliphatic carbocycles. The Bertz CT molecular complexity index is 1090. The molecular weight excluding hydrogens is 546 g/mol. The van der Waals surface area contributed by atoms with Crippen LogP contribution < -0.4 is 0 Å². The SMILES string of the molecule is CCCCCCCN(CCCCCCC)CC(OC(C)=O)c1cc2ccccc2c2cc(Br)ccc12.Cl. The largest absolute Gasteiger partial charge is 0.456 e. The third-order valence-corrected chi connectivity index (χ3v) is 7.58. The third kappa shape index (κ3) is 9.89. The van der Waals surface area contributed by atoms with Crippen LogP contribution in [0.25, 0.3) is 21.5 Å². The van der Waals surface area contributed by atoms with Gasteiger partial charge in [0.1, 0.15) is 6.10 Å². The summed E-state index contributed by atoms with van der Waals surface area (Å²) in [6, 6.07) is 17.2. The van der Waals surface area contributed by atoms with Crippen molar-refractivity contribution in [3.8, 4) is 0 Å². The van der Waals surface area contributed by atoms with Gasteiger partial charge in [0.15, 0.2) is 0 Å². The molecular formula is C32H45BrClNO2. The Morgan fingerprint density at radius 1 is 0.811 bits per heavy atom. The molecule has 0 spiro atoms. The van der Waals surface area contributed by atoms with E-state index in [1.54, 1.807) is 0 Å². The van der Waals surface area contributed by atoms with Gasteiger partial charge in [0.25, 0.3) is 0 Å². The minimum absolute atomic E-state index is 0. The van der Waals surface area contributed by atoms with Gasteiger partial charge in [0.05, 0.1) is 0 Å². The molecule has 3 rings (SSSR count). The highest BCUT2D eigenvalue weighted by atomic mass is 79.9. The van der Waals surface area contributed by atoms with Crippen LogP contribution in [0.2, 0.25) is 0 Å². The summed E-state index contributed by atoms with van der Waals surface area (Å²) < 4.78 is 7.11. The molecule has 0 saturated carbocycles. The summed E-state index contributed by atoms with van der Waals surface area (Å²) in [7, 11) is 0. The van der Waals surface area contributed by atoms with E-state index in [9.17, 15) is 4.79 Å². The van der Waals surface area contributed by atoms with E-state index in [0.717, 1.165) is 35.1 Å². The lowest BCUT2D eigenvalue weighted by molar-refractivity contribution is -0.147. The van der Waals surface area contributed by atoms with Crippen LogP contribution in [-0.4, -0.2) is 30.5 Å². The average molecular weight is 591 g/mol. The van der Waals surface area contributed by atoms with E-state index in [1.807, 2.05) is 0 Å². The second kappa shape index (κ2) is 17.1. The maximum Gasteiger partial charge on any atom is 0.303 e. The molecule has 0 saturated heterocycles. The molecule has 0 N–H and O–H groups in total. The monoisotopic (exact) mass is 589 g/mol. The molecule has 0 fully saturated rings. The van der Waals surface area contributed by atoms with Crippen LogP contribution >= 0.6 is 28.3 Å². The first-order chi connectivity index (χ1) is 17.5. The van der Waals surface area contributed by atoms with Crippen molar-refractivity contribution in [2.45, 2.75) is 91.1 Å². The quantitative estimate of drug-likeness (QED) is 0.0944. The highest BCUT2D eigenvalue weighted by molar-refractivity contribution is 9.10. The highest BCUT2D eigenvalue weighted by Gasteiger charge is 2.22. The molecule has 3 nitrogen and oxygen atoms in total. The molecule has 0 heterocycles. The van der Waals surface area contributed by atoms with E-state index < -0.39 is 0 Å². The van der Waals surface area contributed by atoms with Gasteiger partial charge in [-0.15, -0.1) is 12.4 Å². The molecule has 37 heavy (non-hydrogen) atoms. The number of carbonyl (C=O) groups is 1. The van der Waals surface area contributed by atoms with Crippen LogP contribution in [0.4, 0.5) is 0 Å². The topological polar surface area (TPSA) is 29.5 Å². The maximum absolute atomic E-state index is 12.3. The zero-order chi connectivity index (χ0) is 25.8. The molecule has 0 aromatic heterocycles. The molecule has 0 radical (unpaired) electrons. The molecule has 3 aromatic rings. The molecule has 5 heteroatoms. The lowest BCUT2D eigenvalue weighted by Crippen LogP contribution is -2.32. The number of esters is 1. The fraction of sp³-hybridized carbons (Fsp3) is 0.531.